The SMILES string of the molecule is C.C.CCn1c(COC2CCCCO2)n[nH]c1=O.CCn1c(COC2CCCCO2)nn(-c2cc(F)c(C#N)cc2F)c1=O.N#Cc1cc(F)c(F)cc1F. The van der Waals surface area contributed by atoms with Crippen LogP contribution in [0.1, 0.15) is 90.0 Å². The molecule has 300 valence electrons. The first-order valence-corrected chi connectivity index (χ1v) is 16.7. The van der Waals surface area contributed by atoms with Crippen molar-refractivity contribution < 1.29 is 40.9 Å². The van der Waals surface area contributed by atoms with Gasteiger partial charge < -0.3 is 18.9 Å². The van der Waals surface area contributed by atoms with Crippen molar-refractivity contribution in [1.29, 1.82) is 10.5 Å². The van der Waals surface area contributed by atoms with Crippen LogP contribution in [0, 0.1) is 51.7 Å². The Hall–Kier alpha value is -5.21. The Morgan fingerprint density at radius 3 is 1.76 bits per heavy atom. The van der Waals surface area contributed by atoms with Crippen LogP contribution in [-0.4, -0.2) is 54.9 Å². The number of nitriles is 2. The Bertz CT molecular complexity index is 2040. The molecule has 2 unspecified atom stereocenters. The number of rotatable bonds is 9. The van der Waals surface area contributed by atoms with Gasteiger partial charge in [-0.1, -0.05) is 14.9 Å². The quantitative estimate of drug-likeness (QED) is 0.154. The lowest BCUT2D eigenvalue weighted by atomic mass is 10.2. The molecular weight excluding hydrogens is 735 g/mol. The molecule has 2 aliphatic rings. The predicted octanol–water partition coefficient (Wildman–Crippen LogP) is 6.13. The highest BCUT2D eigenvalue weighted by Gasteiger charge is 2.21. The molecule has 2 aliphatic heterocycles. The molecule has 14 nitrogen and oxygen atoms in total. The first kappa shape index (κ1) is 45.9. The van der Waals surface area contributed by atoms with Gasteiger partial charge >= 0.3 is 11.4 Å². The molecule has 55 heavy (non-hydrogen) atoms. The molecule has 2 atom stereocenters. The summed E-state index contributed by atoms with van der Waals surface area (Å²) in [4.78, 5) is 23.8. The fourth-order valence-corrected chi connectivity index (χ4v) is 5.22. The number of hydrogen-bond donors (Lipinski definition) is 1. The average molecular weight is 781 g/mol. The van der Waals surface area contributed by atoms with E-state index in [-0.39, 0.29) is 51.2 Å². The predicted molar refractivity (Wildman–Crippen MR) is 188 cm³/mol. The maximum absolute atomic E-state index is 14.2. The summed E-state index contributed by atoms with van der Waals surface area (Å²) in [6, 6.07) is 5.33. The molecular formula is C36H45F5N8O6. The van der Waals surface area contributed by atoms with Gasteiger partial charge in [0.05, 0.1) is 11.1 Å². The second-order valence-corrected chi connectivity index (χ2v) is 11.5. The third-order valence-corrected chi connectivity index (χ3v) is 8.00. The van der Waals surface area contributed by atoms with Gasteiger partial charge in [0.25, 0.3) is 0 Å². The van der Waals surface area contributed by atoms with Crippen molar-refractivity contribution in [3.8, 4) is 17.8 Å². The van der Waals surface area contributed by atoms with E-state index >= 15 is 0 Å². The fraction of sp³-hybridized carbons (Fsp3) is 0.500. The minimum absolute atomic E-state index is 0. The van der Waals surface area contributed by atoms with E-state index in [1.165, 1.54) is 10.6 Å². The number of aromatic amines is 1. The van der Waals surface area contributed by atoms with E-state index in [0.717, 1.165) is 61.9 Å². The monoisotopic (exact) mass is 780 g/mol. The third-order valence-electron chi connectivity index (χ3n) is 8.00. The fourth-order valence-electron chi connectivity index (χ4n) is 5.22. The van der Waals surface area contributed by atoms with Crippen LogP contribution in [0.3, 0.4) is 0 Å². The van der Waals surface area contributed by atoms with Crippen LogP contribution >= 0.6 is 0 Å². The van der Waals surface area contributed by atoms with Crippen LogP contribution < -0.4 is 11.4 Å². The van der Waals surface area contributed by atoms with E-state index in [9.17, 15) is 31.5 Å². The van der Waals surface area contributed by atoms with Crippen LogP contribution in [0.25, 0.3) is 5.69 Å². The summed E-state index contributed by atoms with van der Waals surface area (Å²) in [5, 5.41) is 27.3. The molecule has 0 amide bonds. The largest absolute Gasteiger partial charge is 0.353 e. The van der Waals surface area contributed by atoms with Crippen molar-refractivity contribution >= 4 is 0 Å². The van der Waals surface area contributed by atoms with Gasteiger partial charge in [0.15, 0.2) is 41.7 Å². The summed E-state index contributed by atoms with van der Waals surface area (Å²) in [6.07, 6.45) is 5.37. The first-order chi connectivity index (χ1) is 25.5. The second-order valence-electron chi connectivity index (χ2n) is 11.5. The molecule has 2 saturated heterocycles. The zero-order valence-corrected chi connectivity index (χ0v) is 28.9. The molecule has 0 saturated carbocycles. The normalized spacial score (nSPS) is 16.2. The number of nitrogens with zero attached hydrogens (tertiary/aromatic N) is 7. The standard InChI is InChI=1S/C17H18F2N4O3.C10H17N3O3.C7H2F3N.2CH4/c1-2-22-15(10-26-16-5-3-4-6-25-16)21-23(17(22)24)14-8-12(18)11(9-20)7-13(14)19;1-2-13-8(11-12-10(13)14)7-16-9-5-3-4-6-15-9;8-5-2-7(10)6(9)1-4(5)3-11;;/h7-8,16H,2-6,10H2,1H3;9H,2-7H2,1H3,(H,12,14);1-2H;2*1H4. The van der Waals surface area contributed by atoms with E-state index < -0.39 is 45.9 Å². The Morgan fingerprint density at radius 1 is 0.745 bits per heavy atom. The summed E-state index contributed by atoms with van der Waals surface area (Å²) < 4.78 is 90.7. The first-order valence-electron chi connectivity index (χ1n) is 16.7. The Labute approximate surface area is 314 Å². The van der Waals surface area contributed by atoms with E-state index in [1.54, 1.807) is 17.6 Å². The summed E-state index contributed by atoms with van der Waals surface area (Å²) in [5.74, 6) is -4.47. The number of H-pyrrole nitrogens is 1. The van der Waals surface area contributed by atoms with Gasteiger partial charge in [-0.05, 0) is 64.5 Å². The lowest BCUT2D eigenvalue weighted by Gasteiger charge is -2.22. The maximum atomic E-state index is 14.2. The Morgan fingerprint density at radius 2 is 1.25 bits per heavy atom. The van der Waals surface area contributed by atoms with Gasteiger partial charge in [-0.3, -0.25) is 9.13 Å². The molecule has 0 radical (unpaired) electrons. The number of ether oxygens (including phenoxy) is 4. The highest BCUT2D eigenvalue weighted by Crippen LogP contribution is 2.19. The van der Waals surface area contributed by atoms with E-state index in [0.29, 0.717) is 44.3 Å². The van der Waals surface area contributed by atoms with Crippen LogP contribution in [-0.2, 0) is 45.3 Å². The van der Waals surface area contributed by atoms with Crippen molar-refractivity contribution in [2.75, 3.05) is 13.2 Å². The van der Waals surface area contributed by atoms with Crippen LogP contribution in [0.15, 0.2) is 33.9 Å². The number of benzene rings is 2. The molecule has 2 aromatic heterocycles. The van der Waals surface area contributed by atoms with Crippen molar-refractivity contribution in [3.05, 3.63) is 97.1 Å². The molecule has 2 aromatic carbocycles. The topological polar surface area (TPSA) is 175 Å². The molecule has 4 heterocycles. The van der Waals surface area contributed by atoms with Crippen LogP contribution in [0.4, 0.5) is 22.0 Å². The zero-order chi connectivity index (χ0) is 38.5. The van der Waals surface area contributed by atoms with Gasteiger partial charge in [0.1, 0.15) is 42.7 Å². The number of halogens is 5. The number of hydrogen-bond acceptors (Lipinski definition) is 10. The zero-order valence-electron chi connectivity index (χ0n) is 28.9. The summed E-state index contributed by atoms with van der Waals surface area (Å²) in [5.41, 5.74) is -2.09. The van der Waals surface area contributed by atoms with Crippen molar-refractivity contribution in [2.45, 2.75) is 106 Å². The molecule has 4 aromatic rings. The number of aromatic nitrogens is 6. The van der Waals surface area contributed by atoms with Gasteiger partial charge in [-0.15, -0.1) is 5.10 Å². The smallest absolute Gasteiger partial charge is 0.350 e. The van der Waals surface area contributed by atoms with Crippen molar-refractivity contribution in [1.82, 2.24) is 29.1 Å². The Kier molecular flexibility index (Phi) is 18.6. The summed E-state index contributed by atoms with van der Waals surface area (Å²) in [6.45, 7) is 6.24. The van der Waals surface area contributed by atoms with Crippen LogP contribution in [0.2, 0.25) is 0 Å². The maximum Gasteiger partial charge on any atom is 0.350 e. The summed E-state index contributed by atoms with van der Waals surface area (Å²) >= 11 is 0. The molecule has 6 rings (SSSR count). The highest BCUT2D eigenvalue weighted by atomic mass is 19.2. The molecule has 0 bridgehead atoms. The van der Waals surface area contributed by atoms with E-state index in [2.05, 4.69) is 15.3 Å². The molecule has 2 fully saturated rings. The molecule has 1 N–H and O–H groups in total. The lowest BCUT2D eigenvalue weighted by Crippen LogP contribution is -2.25. The van der Waals surface area contributed by atoms with Crippen molar-refractivity contribution in [3.63, 3.8) is 0 Å². The molecule has 19 heteroatoms. The second kappa shape index (κ2) is 22.2. The van der Waals surface area contributed by atoms with Crippen LogP contribution in [0.5, 0.6) is 0 Å². The number of nitrogens with one attached hydrogen (secondary N) is 1. The van der Waals surface area contributed by atoms with E-state index in [1.807, 2.05) is 6.92 Å². The molecule has 0 aliphatic carbocycles. The van der Waals surface area contributed by atoms with Gasteiger partial charge in [0, 0.05) is 38.4 Å². The third kappa shape index (κ3) is 12.1. The highest BCUT2D eigenvalue weighted by molar-refractivity contribution is 5.41. The average Bonchev–Trinajstić information content (AvgIpc) is 3.70. The minimum atomic E-state index is -1.29. The van der Waals surface area contributed by atoms with Gasteiger partial charge in [-0.2, -0.15) is 20.3 Å². The lowest BCUT2D eigenvalue weighted by molar-refractivity contribution is -0.170. The molecule has 0 spiro atoms. The van der Waals surface area contributed by atoms with Crippen molar-refractivity contribution in [2.24, 2.45) is 0 Å². The van der Waals surface area contributed by atoms with Gasteiger partial charge in [-0.25, -0.2) is 36.6 Å². The summed E-state index contributed by atoms with van der Waals surface area (Å²) in [7, 11) is 0. The minimum Gasteiger partial charge on any atom is -0.353 e. The Balaban J connectivity index is 0.000000308. The van der Waals surface area contributed by atoms with E-state index in [4.69, 9.17) is 29.5 Å². The van der Waals surface area contributed by atoms with Gasteiger partial charge in [0.2, 0.25) is 0 Å².